The van der Waals surface area contributed by atoms with Gasteiger partial charge in [0.1, 0.15) is 5.82 Å². The molecule has 0 aliphatic heterocycles. The Bertz CT molecular complexity index is 312. The van der Waals surface area contributed by atoms with Gasteiger partial charge in [0, 0.05) is 5.02 Å². The molecule has 1 atom stereocenters. The van der Waals surface area contributed by atoms with E-state index < -0.39 is 0 Å². The predicted octanol–water partition coefficient (Wildman–Crippen LogP) is 2.85. The van der Waals surface area contributed by atoms with Crippen LogP contribution in [-0.4, -0.2) is 6.54 Å². The van der Waals surface area contributed by atoms with E-state index in [0.717, 1.165) is 5.56 Å². The molecule has 2 N–H and O–H groups in total. The van der Waals surface area contributed by atoms with Gasteiger partial charge in [-0.2, -0.15) is 0 Å². The lowest BCUT2D eigenvalue weighted by Gasteiger charge is -2.11. The fraction of sp³-hybridized carbons (Fsp3) is 0.400. The Morgan fingerprint density at radius 2 is 2.15 bits per heavy atom. The van der Waals surface area contributed by atoms with Gasteiger partial charge in [0.2, 0.25) is 0 Å². The van der Waals surface area contributed by atoms with Crippen LogP contribution in [-0.2, 0) is 0 Å². The van der Waals surface area contributed by atoms with E-state index in [0.29, 0.717) is 17.1 Å². The summed E-state index contributed by atoms with van der Waals surface area (Å²) in [5.41, 5.74) is 6.80. The third-order valence-electron chi connectivity index (χ3n) is 2.16. The lowest BCUT2D eigenvalue weighted by molar-refractivity contribution is 0.589. The second kappa shape index (κ2) is 4.07. The van der Waals surface area contributed by atoms with Gasteiger partial charge in [0.05, 0.1) is 0 Å². The molecule has 0 fully saturated rings. The van der Waals surface area contributed by atoms with Crippen LogP contribution in [0, 0.1) is 12.7 Å². The molecule has 1 unspecified atom stereocenters. The van der Waals surface area contributed by atoms with Crippen LogP contribution < -0.4 is 5.73 Å². The van der Waals surface area contributed by atoms with Crippen molar-refractivity contribution in [3.8, 4) is 0 Å². The van der Waals surface area contributed by atoms with E-state index in [4.69, 9.17) is 17.3 Å². The Kier molecular flexibility index (Phi) is 3.28. The van der Waals surface area contributed by atoms with Crippen LogP contribution in [0.15, 0.2) is 12.1 Å². The van der Waals surface area contributed by atoms with Crippen molar-refractivity contribution in [2.24, 2.45) is 5.73 Å². The molecule has 0 saturated carbocycles. The first-order chi connectivity index (χ1) is 6.06. The first-order valence-corrected chi connectivity index (χ1v) is 4.59. The van der Waals surface area contributed by atoms with Crippen LogP contribution in [0.4, 0.5) is 4.39 Å². The molecule has 0 aromatic heterocycles. The largest absolute Gasteiger partial charge is 0.330 e. The molecule has 0 saturated heterocycles. The maximum Gasteiger partial charge on any atom is 0.127 e. The first kappa shape index (κ1) is 10.5. The second-order valence-corrected chi connectivity index (χ2v) is 3.67. The molecule has 0 aliphatic rings. The molecule has 13 heavy (non-hydrogen) atoms. The van der Waals surface area contributed by atoms with E-state index in [2.05, 4.69) is 0 Å². The minimum atomic E-state index is -0.222. The summed E-state index contributed by atoms with van der Waals surface area (Å²) in [6.07, 6.45) is 0. The second-order valence-electron chi connectivity index (χ2n) is 3.26. The van der Waals surface area contributed by atoms with Crippen LogP contribution in [0.3, 0.4) is 0 Å². The minimum Gasteiger partial charge on any atom is -0.330 e. The van der Waals surface area contributed by atoms with E-state index in [-0.39, 0.29) is 11.7 Å². The zero-order chi connectivity index (χ0) is 10.0. The molecule has 1 aromatic rings. The summed E-state index contributed by atoms with van der Waals surface area (Å²) in [5, 5.41) is 0.594. The Morgan fingerprint density at radius 3 is 2.69 bits per heavy atom. The van der Waals surface area contributed by atoms with Crippen LogP contribution in [0.5, 0.6) is 0 Å². The lowest BCUT2D eigenvalue weighted by Crippen LogP contribution is -2.10. The summed E-state index contributed by atoms with van der Waals surface area (Å²) >= 11 is 5.88. The molecule has 0 spiro atoms. The maximum absolute atomic E-state index is 13.4. The Hall–Kier alpha value is -0.600. The number of hydrogen-bond acceptors (Lipinski definition) is 1. The number of nitrogens with two attached hydrogens (primary N) is 1. The molecule has 72 valence electrons. The van der Waals surface area contributed by atoms with Gasteiger partial charge in [-0.25, -0.2) is 4.39 Å². The van der Waals surface area contributed by atoms with E-state index in [1.54, 1.807) is 13.0 Å². The Balaban J connectivity index is 3.15. The van der Waals surface area contributed by atoms with E-state index >= 15 is 0 Å². The van der Waals surface area contributed by atoms with Crippen molar-refractivity contribution < 1.29 is 4.39 Å². The van der Waals surface area contributed by atoms with Crippen molar-refractivity contribution in [3.05, 3.63) is 34.1 Å². The van der Waals surface area contributed by atoms with Gasteiger partial charge < -0.3 is 5.73 Å². The normalized spacial score (nSPS) is 13.0. The molecule has 0 amide bonds. The minimum absolute atomic E-state index is 0.0121. The van der Waals surface area contributed by atoms with Crippen molar-refractivity contribution in [2.75, 3.05) is 6.54 Å². The van der Waals surface area contributed by atoms with Gasteiger partial charge in [-0.15, -0.1) is 0 Å². The Labute approximate surface area is 82.7 Å². The monoisotopic (exact) mass is 201 g/mol. The van der Waals surface area contributed by atoms with Crippen LogP contribution in [0.2, 0.25) is 5.02 Å². The first-order valence-electron chi connectivity index (χ1n) is 4.22. The number of benzene rings is 1. The highest BCUT2D eigenvalue weighted by Crippen LogP contribution is 2.24. The topological polar surface area (TPSA) is 26.0 Å². The van der Waals surface area contributed by atoms with Crippen LogP contribution >= 0.6 is 11.6 Å². The van der Waals surface area contributed by atoms with Crippen LogP contribution in [0.1, 0.15) is 24.0 Å². The fourth-order valence-corrected chi connectivity index (χ4v) is 1.34. The number of halogens is 2. The highest BCUT2D eigenvalue weighted by molar-refractivity contribution is 6.31. The highest BCUT2D eigenvalue weighted by atomic mass is 35.5. The smallest absolute Gasteiger partial charge is 0.127 e. The van der Waals surface area contributed by atoms with Crippen molar-refractivity contribution in [1.82, 2.24) is 0 Å². The van der Waals surface area contributed by atoms with E-state index in [1.165, 1.54) is 6.07 Å². The Morgan fingerprint density at radius 1 is 1.54 bits per heavy atom. The zero-order valence-electron chi connectivity index (χ0n) is 7.77. The average Bonchev–Trinajstić information content (AvgIpc) is 2.10. The van der Waals surface area contributed by atoms with Crippen molar-refractivity contribution >= 4 is 11.6 Å². The van der Waals surface area contributed by atoms with Gasteiger partial charge in [-0.1, -0.05) is 18.5 Å². The predicted molar refractivity (Wildman–Crippen MR) is 53.6 cm³/mol. The van der Waals surface area contributed by atoms with Gasteiger partial charge in [-0.05, 0) is 42.6 Å². The molecular formula is C10H13ClFN. The third kappa shape index (κ3) is 2.20. The molecule has 1 nitrogen and oxygen atoms in total. The quantitative estimate of drug-likeness (QED) is 0.783. The fourth-order valence-electron chi connectivity index (χ4n) is 1.17. The van der Waals surface area contributed by atoms with Crippen LogP contribution in [0.25, 0.3) is 0 Å². The summed E-state index contributed by atoms with van der Waals surface area (Å²) < 4.78 is 13.4. The molecule has 0 heterocycles. The molecule has 0 radical (unpaired) electrons. The summed E-state index contributed by atoms with van der Waals surface area (Å²) in [5.74, 6) is -0.210. The molecule has 0 aliphatic carbocycles. The molecule has 3 heteroatoms. The van der Waals surface area contributed by atoms with E-state index in [9.17, 15) is 4.39 Å². The van der Waals surface area contributed by atoms with Crippen molar-refractivity contribution in [3.63, 3.8) is 0 Å². The molecule has 1 aromatic carbocycles. The third-order valence-corrected chi connectivity index (χ3v) is 2.57. The lowest BCUT2D eigenvalue weighted by atomic mass is 9.99. The van der Waals surface area contributed by atoms with E-state index in [1.807, 2.05) is 6.92 Å². The van der Waals surface area contributed by atoms with Crippen molar-refractivity contribution in [1.29, 1.82) is 0 Å². The summed E-state index contributed by atoms with van der Waals surface area (Å²) in [4.78, 5) is 0. The summed E-state index contributed by atoms with van der Waals surface area (Å²) in [6, 6.07) is 3.10. The highest BCUT2D eigenvalue weighted by Gasteiger charge is 2.11. The van der Waals surface area contributed by atoms with Gasteiger partial charge in [-0.3, -0.25) is 0 Å². The summed E-state index contributed by atoms with van der Waals surface area (Å²) in [7, 11) is 0. The van der Waals surface area contributed by atoms with Gasteiger partial charge in [0.25, 0.3) is 0 Å². The number of rotatable bonds is 2. The average molecular weight is 202 g/mol. The SMILES string of the molecule is Cc1cc(F)c(C(C)CN)cc1Cl. The van der Waals surface area contributed by atoms with Gasteiger partial charge in [0.15, 0.2) is 0 Å². The summed E-state index contributed by atoms with van der Waals surface area (Å²) in [6.45, 7) is 4.09. The maximum atomic E-state index is 13.4. The standard InChI is InChI=1S/C10H13ClFN/c1-6-3-10(12)8(4-9(6)11)7(2)5-13/h3-4,7H,5,13H2,1-2H3. The molecular weight excluding hydrogens is 189 g/mol. The number of hydrogen-bond donors (Lipinski definition) is 1. The molecule has 0 bridgehead atoms. The zero-order valence-corrected chi connectivity index (χ0v) is 8.53. The van der Waals surface area contributed by atoms with Crippen molar-refractivity contribution in [2.45, 2.75) is 19.8 Å². The molecule has 1 rings (SSSR count). The van der Waals surface area contributed by atoms with Gasteiger partial charge >= 0.3 is 0 Å². The number of aryl methyl sites for hydroxylation is 1.